The molecule has 2 amide bonds. The standard InChI is InChI=1S/C27H21BrCl2N2O4S2/c1-3-35-22-12-16(11-19(28)24(22)36-14-18-20(29)9-6-10-21(18)30)13-23-26(34)32(27(37)38-23)31-25(33)17-8-5-4-7-15(17)2/h4-13H,3,14H2,1-2H3,(H,31,33)/b23-13-. The third kappa shape index (κ3) is 6.35. The summed E-state index contributed by atoms with van der Waals surface area (Å²) in [7, 11) is 0. The number of aryl methyl sites for hydroxylation is 1. The number of hydrogen-bond donors (Lipinski definition) is 1. The summed E-state index contributed by atoms with van der Waals surface area (Å²) < 4.78 is 12.7. The van der Waals surface area contributed by atoms with Crippen LogP contribution < -0.4 is 14.9 Å². The largest absolute Gasteiger partial charge is 0.490 e. The average Bonchev–Trinajstić information content (AvgIpc) is 3.12. The predicted molar refractivity (Wildman–Crippen MR) is 160 cm³/mol. The number of carbonyl (C=O) groups excluding carboxylic acids is 2. The zero-order valence-corrected chi connectivity index (χ0v) is 24.9. The van der Waals surface area contributed by atoms with Crippen molar-refractivity contribution in [2.24, 2.45) is 0 Å². The highest BCUT2D eigenvalue weighted by Gasteiger charge is 2.34. The number of benzene rings is 3. The van der Waals surface area contributed by atoms with Gasteiger partial charge in [-0.15, -0.1) is 0 Å². The van der Waals surface area contributed by atoms with Crippen LogP contribution in [0.15, 0.2) is 64.0 Å². The number of amides is 2. The maximum Gasteiger partial charge on any atom is 0.285 e. The molecule has 11 heteroatoms. The Balaban J connectivity index is 1.56. The molecule has 1 N–H and O–H groups in total. The molecule has 38 heavy (non-hydrogen) atoms. The minimum absolute atomic E-state index is 0.135. The summed E-state index contributed by atoms with van der Waals surface area (Å²) in [6.45, 7) is 4.21. The molecule has 1 aliphatic heterocycles. The van der Waals surface area contributed by atoms with Crippen molar-refractivity contribution < 1.29 is 19.1 Å². The number of rotatable bonds is 8. The Kier molecular flexibility index (Phi) is 9.38. The van der Waals surface area contributed by atoms with E-state index in [-0.39, 0.29) is 10.9 Å². The van der Waals surface area contributed by atoms with Crippen LogP contribution in [0.2, 0.25) is 10.0 Å². The van der Waals surface area contributed by atoms with Crippen molar-refractivity contribution >= 4 is 85.3 Å². The summed E-state index contributed by atoms with van der Waals surface area (Å²) in [6, 6.07) is 15.9. The third-order valence-corrected chi connectivity index (χ3v) is 8.05. The van der Waals surface area contributed by atoms with Crippen molar-refractivity contribution in [3.05, 3.63) is 96.3 Å². The van der Waals surface area contributed by atoms with E-state index in [1.807, 2.05) is 26.0 Å². The lowest BCUT2D eigenvalue weighted by atomic mass is 10.1. The molecule has 1 fully saturated rings. The fourth-order valence-electron chi connectivity index (χ4n) is 3.59. The summed E-state index contributed by atoms with van der Waals surface area (Å²) in [5.41, 5.74) is 5.20. The van der Waals surface area contributed by atoms with E-state index in [0.717, 1.165) is 22.3 Å². The van der Waals surface area contributed by atoms with Gasteiger partial charge in [0.2, 0.25) is 0 Å². The lowest BCUT2D eigenvalue weighted by molar-refractivity contribution is -0.123. The molecular weight excluding hydrogens is 631 g/mol. The van der Waals surface area contributed by atoms with E-state index in [9.17, 15) is 9.59 Å². The second-order valence-electron chi connectivity index (χ2n) is 8.02. The molecule has 0 aromatic heterocycles. The fourth-order valence-corrected chi connectivity index (χ4v) is 5.85. The number of hydrogen-bond acceptors (Lipinski definition) is 6. The van der Waals surface area contributed by atoms with E-state index in [1.54, 1.807) is 48.5 Å². The summed E-state index contributed by atoms with van der Waals surface area (Å²) in [6.07, 6.45) is 1.68. The second-order valence-corrected chi connectivity index (χ2v) is 11.4. The Morgan fingerprint density at radius 1 is 1.13 bits per heavy atom. The smallest absolute Gasteiger partial charge is 0.285 e. The van der Waals surface area contributed by atoms with Gasteiger partial charge in [0.05, 0.1) is 16.0 Å². The molecule has 0 unspecified atom stereocenters. The van der Waals surface area contributed by atoms with Gasteiger partial charge in [0.25, 0.3) is 11.8 Å². The van der Waals surface area contributed by atoms with Crippen LogP contribution in [-0.2, 0) is 11.4 Å². The number of hydrazine groups is 1. The topological polar surface area (TPSA) is 67.9 Å². The van der Waals surface area contributed by atoms with Gasteiger partial charge in [-0.05, 0) is 89.5 Å². The van der Waals surface area contributed by atoms with Crippen LogP contribution in [-0.4, -0.2) is 27.8 Å². The normalized spacial score (nSPS) is 14.2. The van der Waals surface area contributed by atoms with Crippen LogP contribution in [0.1, 0.15) is 34.0 Å². The summed E-state index contributed by atoms with van der Waals surface area (Å²) >= 11 is 22.6. The maximum absolute atomic E-state index is 13.1. The molecule has 4 rings (SSSR count). The van der Waals surface area contributed by atoms with Gasteiger partial charge < -0.3 is 9.47 Å². The molecule has 0 spiro atoms. The van der Waals surface area contributed by atoms with E-state index in [4.69, 9.17) is 44.9 Å². The van der Waals surface area contributed by atoms with Crippen molar-refractivity contribution in [1.82, 2.24) is 10.4 Å². The number of ether oxygens (including phenoxy) is 2. The third-order valence-electron chi connectivity index (χ3n) is 5.45. The minimum Gasteiger partial charge on any atom is -0.490 e. The van der Waals surface area contributed by atoms with Crippen molar-refractivity contribution in [3.63, 3.8) is 0 Å². The maximum atomic E-state index is 13.1. The number of thioether (sulfide) groups is 1. The number of thiocarbonyl (C=S) groups is 1. The van der Waals surface area contributed by atoms with Gasteiger partial charge in [-0.2, -0.15) is 5.01 Å². The van der Waals surface area contributed by atoms with Gasteiger partial charge >= 0.3 is 0 Å². The van der Waals surface area contributed by atoms with Gasteiger partial charge in [0.1, 0.15) is 6.61 Å². The number of halogens is 3. The summed E-state index contributed by atoms with van der Waals surface area (Å²) in [5, 5.41) is 2.09. The molecule has 196 valence electrons. The zero-order chi connectivity index (χ0) is 27.4. The van der Waals surface area contributed by atoms with Crippen molar-refractivity contribution in [2.45, 2.75) is 20.5 Å². The highest BCUT2D eigenvalue weighted by atomic mass is 79.9. The van der Waals surface area contributed by atoms with E-state index in [1.165, 1.54) is 0 Å². The monoisotopic (exact) mass is 650 g/mol. The van der Waals surface area contributed by atoms with Crippen molar-refractivity contribution in [3.8, 4) is 11.5 Å². The minimum atomic E-state index is -0.426. The zero-order valence-electron chi connectivity index (χ0n) is 20.2. The molecule has 1 saturated heterocycles. The van der Waals surface area contributed by atoms with Gasteiger partial charge in [-0.25, -0.2) is 0 Å². The SMILES string of the molecule is CCOc1cc(/C=C2\SC(=S)N(NC(=O)c3ccccc3C)C2=O)cc(Br)c1OCc1c(Cl)cccc1Cl. The van der Waals surface area contributed by atoms with Crippen LogP contribution in [0, 0.1) is 6.92 Å². The fraction of sp³-hybridized carbons (Fsp3) is 0.148. The van der Waals surface area contributed by atoms with Gasteiger partial charge in [0.15, 0.2) is 15.8 Å². The molecule has 0 bridgehead atoms. The quantitative estimate of drug-likeness (QED) is 0.200. The van der Waals surface area contributed by atoms with Gasteiger partial charge in [-0.1, -0.05) is 59.2 Å². The summed E-state index contributed by atoms with van der Waals surface area (Å²) in [5.74, 6) is 0.101. The van der Waals surface area contributed by atoms with Crippen LogP contribution in [0.4, 0.5) is 0 Å². The van der Waals surface area contributed by atoms with Crippen molar-refractivity contribution in [1.29, 1.82) is 0 Å². The number of nitrogens with one attached hydrogen (secondary N) is 1. The van der Waals surface area contributed by atoms with Crippen LogP contribution in [0.5, 0.6) is 11.5 Å². The lowest BCUT2D eigenvalue weighted by Crippen LogP contribution is -2.45. The van der Waals surface area contributed by atoms with E-state index >= 15 is 0 Å². The number of nitrogens with zero attached hydrogens (tertiary/aromatic N) is 1. The first-order valence-electron chi connectivity index (χ1n) is 11.4. The average molecular weight is 652 g/mol. The van der Waals surface area contributed by atoms with E-state index in [0.29, 0.717) is 54.2 Å². The molecule has 6 nitrogen and oxygen atoms in total. The molecule has 0 saturated carbocycles. The van der Waals surface area contributed by atoms with E-state index in [2.05, 4.69) is 21.4 Å². The Labute approximate surface area is 248 Å². The molecule has 0 aliphatic carbocycles. The molecule has 1 heterocycles. The van der Waals surface area contributed by atoms with Crippen LogP contribution in [0.25, 0.3) is 6.08 Å². The van der Waals surface area contributed by atoms with Crippen molar-refractivity contribution in [2.75, 3.05) is 6.61 Å². The Morgan fingerprint density at radius 2 is 1.84 bits per heavy atom. The first-order valence-corrected chi connectivity index (χ1v) is 14.1. The molecule has 3 aromatic carbocycles. The highest BCUT2D eigenvalue weighted by molar-refractivity contribution is 9.10. The van der Waals surface area contributed by atoms with Gasteiger partial charge in [-0.3, -0.25) is 15.0 Å². The second kappa shape index (κ2) is 12.5. The highest BCUT2D eigenvalue weighted by Crippen LogP contribution is 2.40. The van der Waals surface area contributed by atoms with Crippen LogP contribution in [0.3, 0.4) is 0 Å². The van der Waals surface area contributed by atoms with Gasteiger partial charge in [0, 0.05) is 21.2 Å². The Bertz CT molecular complexity index is 1440. The Morgan fingerprint density at radius 3 is 2.53 bits per heavy atom. The molecule has 0 atom stereocenters. The molecule has 1 aliphatic rings. The molecular formula is C27H21BrCl2N2O4S2. The first-order chi connectivity index (χ1) is 18.2. The molecule has 3 aromatic rings. The summed E-state index contributed by atoms with van der Waals surface area (Å²) in [4.78, 5) is 26.2. The number of carbonyl (C=O) groups is 2. The molecule has 0 radical (unpaired) electrons. The predicted octanol–water partition coefficient (Wildman–Crippen LogP) is 7.59. The lowest BCUT2D eigenvalue weighted by Gasteiger charge is -2.16. The van der Waals surface area contributed by atoms with Crippen LogP contribution >= 0.6 is 63.1 Å². The van der Waals surface area contributed by atoms with E-state index < -0.39 is 11.8 Å². The Hall–Kier alpha value is -2.56. The first kappa shape index (κ1) is 28.4.